The van der Waals surface area contributed by atoms with Crippen LogP contribution in [0, 0.1) is 6.92 Å². The molecule has 0 bridgehead atoms. The molecule has 2 N–H and O–H groups in total. The molecule has 1 unspecified atom stereocenters. The number of nitrogens with two attached hydrogens (primary N) is 1. The molecule has 0 amide bonds. The van der Waals surface area contributed by atoms with Crippen molar-refractivity contribution in [3.05, 3.63) is 29.8 Å². The van der Waals surface area contributed by atoms with Gasteiger partial charge in [-0.2, -0.15) is 14.3 Å². The molecule has 1 aliphatic rings. The van der Waals surface area contributed by atoms with E-state index in [1.165, 1.54) is 24.9 Å². The van der Waals surface area contributed by atoms with Crippen molar-refractivity contribution in [2.45, 2.75) is 25.1 Å². The summed E-state index contributed by atoms with van der Waals surface area (Å²) in [5.74, 6) is 0.273. The third kappa shape index (κ3) is 3.60. The molecule has 0 aliphatic carbocycles. The Labute approximate surface area is 145 Å². The van der Waals surface area contributed by atoms with Gasteiger partial charge in [-0.15, -0.1) is 0 Å². The predicted octanol–water partition coefficient (Wildman–Crippen LogP) is 1.38. The Morgan fingerprint density at radius 2 is 2.04 bits per heavy atom. The van der Waals surface area contributed by atoms with Gasteiger partial charge in [0.25, 0.3) is 10.0 Å². The maximum atomic E-state index is 13.1. The Balaban J connectivity index is 2.63. The van der Waals surface area contributed by atoms with Gasteiger partial charge in [0.05, 0.1) is 4.90 Å². The number of hydrogen-bond donors (Lipinski definition) is 1. The Morgan fingerprint density at radius 3 is 2.62 bits per heavy atom. The van der Waals surface area contributed by atoms with Gasteiger partial charge < -0.3 is 10.5 Å². The summed E-state index contributed by atoms with van der Waals surface area (Å²) in [6.45, 7) is 3.35. The van der Waals surface area contributed by atoms with E-state index in [0.29, 0.717) is 11.4 Å². The number of ether oxygens (including phenoxy) is 1. The zero-order valence-electron chi connectivity index (χ0n) is 13.8. The van der Waals surface area contributed by atoms with Gasteiger partial charge in [-0.3, -0.25) is 0 Å². The minimum absolute atomic E-state index is 0.0792. The Bertz CT molecular complexity index is 817. The van der Waals surface area contributed by atoms with Crippen LogP contribution >= 0.6 is 11.8 Å². The first-order valence-corrected chi connectivity index (χ1v) is 9.62. The fourth-order valence-electron chi connectivity index (χ4n) is 2.08. The first kappa shape index (κ1) is 18.4. The highest BCUT2D eigenvalue weighted by Gasteiger charge is 2.38. The summed E-state index contributed by atoms with van der Waals surface area (Å²) >= 11 is 1.18. The normalized spacial score (nSPS) is 19.1. The summed E-state index contributed by atoms with van der Waals surface area (Å²) in [5, 5.41) is 0.184. The first-order chi connectivity index (χ1) is 11.3. The minimum atomic E-state index is -3.98. The molecule has 0 saturated heterocycles. The Morgan fingerprint density at radius 1 is 1.38 bits per heavy atom. The van der Waals surface area contributed by atoms with Crippen molar-refractivity contribution in [2.24, 2.45) is 20.7 Å². The van der Waals surface area contributed by atoms with Crippen molar-refractivity contribution < 1.29 is 13.2 Å². The van der Waals surface area contributed by atoms with Crippen LogP contribution in [0.4, 0.5) is 0 Å². The van der Waals surface area contributed by atoms with Crippen molar-refractivity contribution >= 4 is 38.7 Å². The SMILES string of the molecule is COC1N=C(C)N=C(N=C(N)SC)N1S(=O)(=O)c1ccccc1C. The monoisotopic (exact) mass is 369 g/mol. The molecule has 1 aliphatic heterocycles. The van der Waals surface area contributed by atoms with Gasteiger partial charge in [0.15, 0.2) is 5.17 Å². The van der Waals surface area contributed by atoms with Gasteiger partial charge in [-0.25, -0.2) is 13.4 Å². The highest BCUT2D eigenvalue weighted by Crippen LogP contribution is 2.25. The second kappa shape index (κ2) is 7.32. The molecule has 1 heterocycles. The Hall–Kier alpha value is -1.91. The number of amidine groups is 2. The molecule has 130 valence electrons. The van der Waals surface area contributed by atoms with Gasteiger partial charge in [0.1, 0.15) is 5.84 Å². The molecule has 1 aromatic rings. The summed E-state index contributed by atoms with van der Waals surface area (Å²) < 4.78 is 32.5. The molecule has 2 rings (SSSR count). The highest BCUT2D eigenvalue weighted by atomic mass is 32.2. The third-order valence-electron chi connectivity index (χ3n) is 3.22. The summed E-state index contributed by atoms with van der Waals surface area (Å²) in [4.78, 5) is 12.5. The summed E-state index contributed by atoms with van der Waals surface area (Å²) in [6, 6.07) is 6.64. The van der Waals surface area contributed by atoms with Crippen LogP contribution in [0.1, 0.15) is 12.5 Å². The lowest BCUT2D eigenvalue weighted by atomic mass is 10.2. The number of rotatable bonds is 3. The van der Waals surface area contributed by atoms with Crippen LogP contribution in [0.15, 0.2) is 44.1 Å². The van der Waals surface area contributed by atoms with E-state index in [9.17, 15) is 8.42 Å². The number of hydrogen-bond acceptors (Lipinski definition) is 7. The van der Waals surface area contributed by atoms with Crippen LogP contribution < -0.4 is 5.73 Å². The van der Waals surface area contributed by atoms with Crippen molar-refractivity contribution in [2.75, 3.05) is 13.4 Å². The number of aliphatic imine (C=N–C) groups is 3. The maximum absolute atomic E-state index is 13.1. The molecule has 0 aromatic heterocycles. The van der Waals surface area contributed by atoms with E-state index in [1.807, 2.05) is 0 Å². The number of guanidine groups is 1. The lowest BCUT2D eigenvalue weighted by Gasteiger charge is -2.30. The lowest BCUT2D eigenvalue weighted by Crippen LogP contribution is -2.47. The predicted molar refractivity (Wildman–Crippen MR) is 96.7 cm³/mol. The number of benzene rings is 1. The van der Waals surface area contributed by atoms with E-state index in [0.717, 1.165) is 4.31 Å². The zero-order chi connectivity index (χ0) is 17.9. The largest absolute Gasteiger partial charge is 0.378 e. The molecule has 0 spiro atoms. The van der Waals surface area contributed by atoms with Crippen LogP contribution in [0.2, 0.25) is 0 Å². The van der Waals surface area contributed by atoms with Gasteiger partial charge in [-0.05, 0) is 31.7 Å². The molecule has 0 saturated carbocycles. The molecular formula is C14H19N5O3S2. The topological polar surface area (TPSA) is 110 Å². The molecular weight excluding hydrogens is 350 g/mol. The fraction of sp³-hybridized carbons (Fsp3) is 0.357. The van der Waals surface area contributed by atoms with Gasteiger partial charge >= 0.3 is 0 Å². The smallest absolute Gasteiger partial charge is 0.270 e. The standard InChI is InChI=1S/C14H19N5O3S2/c1-9-7-5-6-8-11(9)24(20,21)19-13(18-12(15)23-4)16-10(2)17-14(19)22-3/h5-8,14H,1-4H3,(H2,15,16,17,18). The molecule has 24 heavy (non-hydrogen) atoms. The zero-order valence-corrected chi connectivity index (χ0v) is 15.4. The lowest BCUT2D eigenvalue weighted by molar-refractivity contribution is 0.0507. The third-order valence-corrected chi connectivity index (χ3v) is 5.60. The van der Waals surface area contributed by atoms with E-state index in [1.54, 1.807) is 38.3 Å². The molecule has 8 nitrogen and oxygen atoms in total. The molecule has 0 fully saturated rings. The van der Waals surface area contributed by atoms with Gasteiger partial charge in [-0.1, -0.05) is 30.0 Å². The molecule has 10 heteroatoms. The summed E-state index contributed by atoms with van der Waals surface area (Å²) in [5.41, 5.74) is 6.34. The first-order valence-electron chi connectivity index (χ1n) is 6.95. The van der Waals surface area contributed by atoms with Gasteiger partial charge in [0, 0.05) is 7.11 Å². The maximum Gasteiger partial charge on any atom is 0.270 e. The number of thioether (sulfide) groups is 1. The second-order valence-corrected chi connectivity index (χ2v) is 7.48. The van der Waals surface area contributed by atoms with Crippen LogP contribution in [0.5, 0.6) is 0 Å². The fourth-order valence-corrected chi connectivity index (χ4v) is 3.86. The second-order valence-electron chi connectivity index (χ2n) is 4.87. The van der Waals surface area contributed by atoms with E-state index >= 15 is 0 Å². The van der Waals surface area contributed by atoms with E-state index < -0.39 is 16.4 Å². The molecule has 1 atom stereocenters. The van der Waals surface area contributed by atoms with Crippen molar-refractivity contribution in [1.29, 1.82) is 0 Å². The summed E-state index contributed by atoms with van der Waals surface area (Å²) in [7, 11) is -2.61. The van der Waals surface area contributed by atoms with Crippen LogP contribution in [0.25, 0.3) is 0 Å². The number of methoxy groups -OCH3 is 1. The number of sulfonamides is 1. The average Bonchev–Trinajstić information content (AvgIpc) is 2.53. The number of nitrogens with zero attached hydrogens (tertiary/aromatic N) is 4. The number of aryl methyl sites for hydroxylation is 1. The van der Waals surface area contributed by atoms with Crippen LogP contribution in [-0.4, -0.2) is 49.4 Å². The highest BCUT2D eigenvalue weighted by molar-refractivity contribution is 8.13. The van der Waals surface area contributed by atoms with Crippen molar-refractivity contribution in [3.8, 4) is 0 Å². The van der Waals surface area contributed by atoms with E-state index in [-0.39, 0.29) is 16.0 Å². The van der Waals surface area contributed by atoms with Gasteiger partial charge in [0.2, 0.25) is 12.3 Å². The average molecular weight is 369 g/mol. The van der Waals surface area contributed by atoms with Crippen LogP contribution in [0.3, 0.4) is 0 Å². The Kier molecular flexibility index (Phi) is 5.62. The quantitative estimate of drug-likeness (QED) is 0.639. The van der Waals surface area contributed by atoms with E-state index in [4.69, 9.17) is 10.5 Å². The van der Waals surface area contributed by atoms with E-state index in [2.05, 4.69) is 15.0 Å². The summed E-state index contributed by atoms with van der Waals surface area (Å²) in [6.07, 6.45) is 0.637. The van der Waals surface area contributed by atoms with Crippen LogP contribution in [-0.2, 0) is 14.8 Å². The minimum Gasteiger partial charge on any atom is -0.378 e. The van der Waals surface area contributed by atoms with Crippen molar-refractivity contribution in [1.82, 2.24) is 4.31 Å². The molecule has 1 aromatic carbocycles. The van der Waals surface area contributed by atoms with Crippen molar-refractivity contribution in [3.63, 3.8) is 0 Å². The molecule has 0 radical (unpaired) electrons.